The Morgan fingerprint density at radius 2 is 1.71 bits per heavy atom. The van der Waals surface area contributed by atoms with Gasteiger partial charge in [0.25, 0.3) is 0 Å². The Balaban J connectivity index is 3.19. The molecule has 100 valence electrons. The molecule has 0 bridgehead atoms. The fourth-order valence-corrected chi connectivity index (χ4v) is 1.42. The molecule has 0 rings (SSSR count). The maximum absolute atomic E-state index is 11.1. The molecule has 0 aliphatic rings. The third-order valence-corrected chi connectivity index (χ3v) is 2.31. The summed E-state index contributed by atoms with van der Waals surface area (Å²) in [6.45, 7) is 2.21. The van der Waals surface area contributed by atoms with Gasteiger partial charge >= 0.3 is 5.97 Å². The minimum absolute atomic E-state index is 0.178. The Labute approximate surface area is 103 Å². The van der Waals surface area contributed by atoms with Crippen LogP contribution >= 0.6 is 0 Å². The van der Waals surface area contributed by atoms with Gasteiger partial charge in [0.05, 0.1) is 0 Å². The first-order chi connectivity index (χ1) is 8.16. The third-order valence-electron chi connectivity index (χ3n) is 2.31. The quantitative estimate of drug-likeness (QED) is 0.542. The Hall–Kier alpha value is -1.10. The van der Waals surface area contributed by atoms with Crippen molar-refractivity contribution in [3.05, 3.63) is 0 Å². The topological polar surface area (TPSA) is 75.6 Å². The molecule has 0 unspecified atom stereocenters. The van der Waals surface area contributed by atoms with Crippen LogP contribution in [0, 0.1) is 0 Å². The Morgan fingerprint density at radius 3 is 2.35 bits per heavy atom. The van der Waals surface area contributed by atoms with E-state index in [-0.39, 0.29) is 12.5 Å². The fraction of sp³-hybridized carbons (Fsp3) is 0.833. The Morgan fingerprint density at radius 1 is 1.06 bits per heavy atom. The molecule has 0 saturated heterocycles. The highest BCUT2D eigenvalue weighted by Crippen LogP contribution is 2.03. The Bertz CT molecular complexity index is 219. The number of carboxylic acids is 1. The van der Waals surface area contributed by atoms with Crippen molar-refractivity contribution in [2.24, 2.45) is 0 Å². The number of carbonyl (C=O) groups excluding carboxylic acids is 1. The summed E-state index contributed by atoms with van der Waals surface area (Å²) in [4.78, 5) is 21.2. The smallest absolute Gasteiger partial charge is 0.329 e. The Kier molecular flexibility index (Phi) is 10.7. The van der Waals surface area contributed by atoms with Crippen molar-refractivity contribution in [1.29, 1.82) is 0 Å². The number of rotatable bonds is 11. The summed E-state index contributed by atoms with van der Waals surface area (Å²) in [5.41, 5.74) is 0. The molecule has 1 amide bonds. The van der Waals surface area contributed by atoms with Crippen LogP contribution in [0.4, 0.5) is 0 Å². The summed E-state index contributed by atoms with van der Waals surface area (Å²) in [6, 6.07) is 0. The summed E-state index contributed by atoms with van der Waals surface area (Å²) in [7, 11) is 0. The van der Waals surface area contributed by atoms with Gasteiger partial charge in [-0.1, -0.05) is 39.0 Å². The molecule has 0 spiro atoms. The summed E-state index contributed by atoms with van der Waals surface area (Å²) in [5.74, 6) is -1.31. The zero-order chi connectivity index (χ0) is 12.9. The minimum Gasteiger partial charge on any atom is -0.480 e. The van der Waals surface area contributed by atoms with E-state index in [0.29, 0.717) is 6.54 Å². The van der Waals surface area contributed by atoms with Crippen LogP contribution < -0.4 is 5.32 Å². The largest absolute Gasteiger partial charge is 0.480 e. The summed E-state index contributed by atoms with van der Waals surface area (Å²) < 4.78 is 4.66. The van der Waals surface area contributed by atoms with Crippen LogP contribution in [-0.2, 0) is 14.3 Å². The molecule has 0 aromatic heterocycles. The molecule has 5 heteroatoms. The van der Waals surface area contributed by atoms with Gasteiger partial charge in [0, 0.05) is 6.54 Å². The van der Waals surface area contributed by atoms with Crippen LogP contribution in [0.1, 0.15) is 45.4 Å². The van der Waals surface area contributed by atoms with Crippen LogP contribution in [0.25, 0.3) is 0 Å². The van der Waals surface area contributed by atoms with Crippen LogP contribution in [0.5, 0.6) is 0 Å². The van der Waals surface area contributed by atoms with Crippen molar-refractivity contribution in [3.8, 4) is 0 Å². The minimum atomic E-state index is -1.06. The first-order valence-electron chi connectivity index (χ1n) is 6.23. The molecule has 17 heavy (non-hydrogen) atoms. The second kappa shape index (κ2) is 11.4. The lowest BCUT2D eigenvalue weighted by Crippen LogP contribution is -2.29. The van der Waals surface area contributed by atoms with E-state index in [1.165, 1.54) is 25.7 Å². The number of aliphatic carboxylic acids is 1. The molecule has 0 heterocycles. The maximum Gasteiger partial charge on any atom is 0.329 e. The SMILES string of the molecule is CCCCCCCCNC(=O)COCC(=O)O. The lowest BCUT2D eigenvalue weighted by atomic mass is 10.1. The summed E-state index contributed by atoms with van der Waals surface area (Å²) in [6.07, 6.45) is 7.06. The van der Waals surface area contributed by atoms with Crippen molar-refractivity contribution in [2.45, 2.75) is 45.4 Å². The van der Waals surface area contributed by atoms with Crippen LogP contribution in [0.15, 0.2) is 0 Å². The van der Waals surface area contributed by atoms with E-state index in [4.69, 9.17) is 5.11 Å². The van der Waals surface area contributed by atoms with Crippen molar-refractivity contribution in [2.75, 3.05) is 19.8 Å². The number of ether oxygens (including phenoxy) is 1. The number of unbranched alkanes of at least 4 members (excludes halogenated alkanes) is 5. The molecule has 0 aromatic rings. The first-order valence-corrected chi connectivity index (χ1v) is 6.23. The lowest BCUT2D eigenvalue weighted by molar-refractivity contribution is -0.143. The van der Waals surface area contributed by atoms with E-state index < -0.39 is 12.6 Å². The highest BCUT2D eigenvalue weighted by atomic mass is 16.5. The molecule has 0 fully saturated rings. The fourth-order valence-electron chi connectivity index (χ4n) is 1.42. The van der Waals surface area contributed by atoms with Crippen LogP contribution in [0.2, 0.25) is 0 Å². The van der Waals surface area contributed by atoms with Gasteiger partial charge in [0.15, 0.2) is 0 Å². The van der Waals surface area contributed by atoms with E-state index in [2.05, 4.69) is 17.0 Å². The molecule has 0 radical (unpaired) electrons. The number of amides is 1. The average Bonchev–Trinajstić information content (AvgIpc) is 2.27. The molecule has 0 aromatic carbocycles. The third kappa shape index (κ3) is 12.8. The van der Waals surface area contributed by atoms with Crippen molar-refractivity contribution < 1.29 is 19.4 Å². The zero-order valence-corrected chi connectivity index (χ0v) is 10.5. The number of carbonyl (C=O) groups is 2. The molecular weight excluding hydrogens is 222 g/mol. The van der Waals surface area contributed by atoms with Gasteiger partial charge in [-0.3, -0.25) is 4.79 Å². The second-order valence-corrected chi connectivity index (χ2v) is 4.00. The highest BCUT2D eigenvalue weighted by molar-refractivity contribution is 5.77. The van der Waals surface area contributed by atoms with E-state index in [1.807, 2.05) is 0 Å². The predicted octanol–water partition coefficient (Wildman–Crippen LogP) is 1.56. The number of hydrogen-bond acceptors (Lipinski definition) is 3. The van der Waals surface area contributed by atoms with E-state index >= 15 is 0 Å². The van der Waals surface area contributed by atoms with E-state index in [0.717, 1.165) is 12.8 Å². The van der Waals surface area contributed by atoms with E-state index in [1.54, 1.807) is 0 Å². The number of carboxylic acid groups (broad SMARTS) is 1. The second-order valence-electron chi connectivity index (χ2n) is 4.00. The van der Waals surface area contributed by atoms with Gasteiger partial charge in [-0.15, -0.1) is 0 Å². The molecule has 2 N–H and O–H groups in total. The summed E-state index contributed by atoms with van der Waals surface area (Å²) >= 11 is 0. The molecular formula is C12H23NO4. The van der Waals surface area contributed by atoms with Gasteiger partial charge in [-0.2, -0.15) is 0 Å². The van der Waals surface area contributed by atoms with Gasteiger partial charge in [0.2, 0.25) is 5.91 Å². The number of hydrogen-bond donors (Lipinski definition) is 2. The van der Waals surface area contributed by atoms with Gasteiger partial charge < -0.3 is 15.2 Å². The van der Waals surface area contributed by atoms with Gasteiger partial charge in [-0.25, -0.2) is 4.79 Å². The molecule has 0 aliphatic heterocycles. The van der Waals surface area contributed by atoms with Crippen molar-refractivity contribution in [3.63, 3.8) is 0 Å². The first kappa shape index (κ1) is 15.9. The molecule has 0 atom stereocenters. The van der Waals surface area contributed by atoms with Crippen molar-refractivity contribution >= 4 is 11.9 Å². The highest BCUT2D eigenvalue weighted by Gasteiger charge is 2.02. The lowest BCUT2D eigenvalue weighted by Gasteiger charge is -2.05. The van der Waals surface area contributed by atoms with Crippen LogP contribution in [-0.4, -0.2) is 36.7 Å². The molecule has 5 nitrogen and oxygen atoms in total. The average molecular weight is 245 g/mol. The van der Waals surface area contributed by atoms with Gasteiger partial charge in [-0.05, 0) is 6.42 Å². The monoisotopic (exact) mass is 245 g/mol. The number of nitrogens with one attached hydrogen (secondary N) is 1. The predicted molar refractivity (Wildman–Crippen MR) is 64.8 cm³/mol. The summed E-state index contributed by atoms with van der Waals surface area (Å²) in [5, 5.41) is 11.0. The van der Waals surface area contributed by atoms with Crippen molar-refractivity contribution in [1.82, 2.24) is 5.32 Å². The zero-order valence-electron chi connectivity index (χ0n) is 10.5. The molecule has 0 aliphatic carbocycles. The van der Waals surface area contributed by atoms with Crippen LogP contribution in [0.3, 0.4) is 0 Å². The standard InChI is InChI=1S/C12H23NO4/c1-2-3-4-5-6-7-8-13-11(14)9-17-10-12(15)16/h2-10H2,1H3,(H,13,14)(H,15,16). The van der Waals surface area contributed by atoms with Gasteiger partial charge in [0.1, 0.15) is 13.2 Å². The molecule has 0 saturated carbocycles. The van der Waals surface area contributed by atoms with E-state index in [9.17, 15) is 9.59 Å². The maximum atomic E-state index is 11.1. The normalized spacial score (nSPS) is 10.2.